The molecule has 1 aromatic heterocycles. The summed E-state index contributed by atoms with van der Waals surface area (Å²) in [5.74, 6) is -0.296. The summed E-state index contributed by atoms with van der Waals surface area (Å²) in [5, 5.41) is 10.0. The van der Waals surface area contributed by atoms with E-state index in [0.717, 1.165) is 0 Å². The molecular weight excluding hydrogens is 331 g/mol. The quantitative estimate of drug-likeness (QED) is 0.828. The Bertz CT molecular complexity index is 575. The first-order valence-corrected chi connectivity index (χ1v) is 7.61. The standard InChI is InChI=1S/C14H18Cl2N2O4/c1-14(2,3)22-13(20)18-5-4-8(7-18)21-12-11(19)9(15)6-10(16)17-12/h6,8,19H,4-5,7H2,1-3H3/t8-/m0/s1. The Morgan fingerprint density at radius 1 is 1.45 bits per heavy atom. The van der Waals surface area contributed by atoms with Gasteiger partial charge in [0.25, 0.3) is 5.88 Å². The Morgan fingerprint density at radius 3 is 2.77 bits per heavy atom. The second-order valence-corrected chi connectivity index (χ2v) is 6.83. The van der Waals surface area contributed by atoms with Crippen LogP contribution in [-0.4, -0.2) is 45.9 Å². The predicted octanol–water partition coefficient (Wildman–Crippen LogP) is 3.48. The molecule has 22 heavy (non-hydrogen) atoms. The van der Waals surface area contributed by atoms with Crippen LogP contribution in [0.2, 0.25) is 10.2 Å². The zero-order chi connectivity index (χ0) is 16.5. The van der Waals surface area contributed by atoms with Gasteiger partial charge < -0.3 is 19.5 Å². The van der Waals surface area contributed by atoms with Crippen LogP contribution in [0.15, 0.2) is 6.07 Å². The number of hydrogen-bond donors (Lipinski definition) is 1. The van der Waals surface area contributed by atoms with Crippen LogP contribution in [0, 0.1) is 0 Å². The van der Waals surface area contributed by atoms with E-state index in [1.807, 2.05) is 20.8 Å². The molecule has 2 heterocycles. The maximum absolute atomic E-state index is 12.0. The third-order valence-corrected chi connectivity index (χ3v) is 3.44. The molecule has 0 spiro atoms. The largest absolute Gasteiger partial charge is 0.502 e. The van der Waals surface area contributed by atoms with Gasteiger partial charge in [-0.15, -0.1) is 0 Å². The van der Waals surface area contributed by atoms with Crippen molar-refractivity contribution in [1.29, 1.82) is 0 Å². The van der Waals surface area contributed by atoms with Gasteiger partial charge in [0.1, 0.15) is 16.9 Å². The monoisotopic (exact) mass is 348 g/mol. The molecule has 1 N–H and O–H groups in total. The molecule has 2 rings (SSSR count). The van der Waals surface area contributed by atoms with Crippen LogP contribution in [0.1, 0.15) is 27.2 Å². The maximum atomic E-state index is 12.0. The van der Waals surface area contributed by atoms with Crippen LogP contribution in [0.25, 0.3) is 0 Å². The fourth-order valence-corrected chi connectivity index (χ4v) is 2.44. The number of hydrogen-bond acceptors (Lipinski definition) is 5. The number of ether oxygens (including phenoxy) is 2. The van der Waals surface area contributed by atoms with Crippen molar-refractivity contribution in [1.82, 2.24) is 9.88 Å². The topological polar surface area (TPSA) is 71.9 Å². The zero-order valence-electron chi connectivity index (χ0n) is 12.6. The average molecular weight is 349 g/mol. The molecule has 1 amide bonds. The first-order valence-electron chi connectivity index (χ1n) is 6.85. The van der Waals surface area contributed by atoms with Gasteiger partial charge in [0.2, 0.25) is 0 Å². The molecule has 1 saturated heterocycles. The summed E-state index contributed by atoms with van der Waals surface area (Å²) in [6.45, 7) is 6.29. The minimum atomic E-state index is -0.545. The highest BCUT2D eigenvalue weighted by molar-refractivity contribution is 6.35. The lowest BCUT2D eigenvalue weighted by molar-refractivity contribution is 0.0274. The maximum Gasteiger partial charge on any atom is 0.410 e. The van der Waals surface area contributed by atoms with Gasteiger partial charge in [-0.3, -0.25) is 0 Å². The van der Waals surface area contributed by atoms with E-state index >= 15 is 0 Å². The van der Waals surface area contributed by atoms with E-state index in [4.69, 9.17) is 32.7 Å². The number of rotatable bonds is 2. The van der Waals surface area contributed by atoms with Crippen molar-refractivity contribution >= 4 is 29.3 Å². The summed E-state index contributed by atoms with van der Waals surface area (Å²) in [7, 11) is 0. The predicted molar refractivity (Wildman–Crippen MR) is 82.8 cm³/mol. The van der Waals surface area contributed by atoms with Crippen molar-refractivity contribution < 1.29 is 19.4 Å². The van der Waals surface area contributed by atoms with E-state index < -0.39 is 5.60 Å². The van der Waals surface area contributed by atoms with Crippen molar-refractivity contribution in [3.05, 3.63) is 16.2 Å². The highest BCUT2D eigenvalue weighted by atomic mass is 35.5. The second-order valence-electron chi connectivity index (χ2n) is 6.04. The number of amides is 1. The van der Waals surface area contributed by atoms with E-state index in [9.17, 15) is 9.90 Å². The Morgan fingerprint density at radius 2 is 2.14 bits per heavy atom. The smallest absolute Gasteiger partial charge is 0.410 e. The van der Waals surface area contributed by atoms with Crippen LogP contribution < -0.4 is 4.74 Å². The summed E-state index contributed by atoms with van der Waals surface area (Å²) in [6, 6.07) is 1.33. The molecule has 122 valence electrons. The van der Waals surface area contributed by atoms with Crippen molar-refractivity contribution in [2.24, 2.45) is 0 Å². The molecule has 0 bridgehead atoms. The average Bonchev–Trinajstić information content (AvgIpc) is 2.82. The third-order valence-electron chi connectivity index (χ3n) is 2.96. The normalized spacial score (nSPS) is 18.4. The van der Waals surface area contributed by atoms with Crippen LogP contribution in [0.3, 0.4) is 0 Å². The first-order chi connectivity index (χ1) is 10.2. The number of aromatic hydroxyl groups is 1. The fourth-order valence-electron chi connectivity index (χ4n) is 2.01. The van der Waals surface area contributed by atoms with Gasteiger partial charge in [-0.1, -0.05) is 23.2 Å². The van der Waals surface area contributed by atoms with Gasteiger partial charge in [-0.2, -0.15) is 4.98 Å². The summed E-state index contributed by atoms with van der Waals surface area (Å²) in [4.78, 5) is 17.4. The molecule has 0 aliphatic carbocycles. The van der Waals surface area contributed by atoms with Gasteiger partial charge in [-0.05, 0) is 26.8 Å². The van der Waals surface area contributed by atoms with E-state index in [-0.39, 0.29) is 34.0 Å². The number of nitrogens with zero attached hydrogens (tertiary/aromatic N) is 2. The minimum Gasteiger partial charge on any atom is -0.502 e. The number of carbonyl (C=O) groups is 1. The van der Waals surface area contributed by atoms with Crippen molar-refractivity contribution in [2.45, 2.75) is 38.9 Å². The van der Waals surface area contributed by atoms with Crippen molar-refractivity contribution in [3.63, 3.8) is 0 Å². The summed E-state index contributed by atoms with van der Waals surface area (Å²) in [6.07, 6.45) is -0.0924. The number of carbonyl (C=O) groups excluding carboxylic acids is 1. The Kier molecular flexibility index (Phi) is 4.92. The van der Waals surface area contributed by atoms with Crippen LogP contribution in [0.4, 0.5) is 4.79 Å². The van der Waals surface area contributed by atoms with Crippen LogP contribution >= 0.6 is 23.2 Å². The van der Waals surface area contributed by atoms with Gasteiger partial charge >= 0.3 is 6.09 Å². The van der Waals surface area contributed by atoms with Gasteiger partial charge in [0.05, 0.1) is 11.6 Å². The molecule has 1 aliphatic heterocycles. The lowest BCUT2D eigenvalue weighted by Gasteiger charge is -2.24. The highest BCUT2D eigenvalue weighted by Gasteiger charge is 2.31. The van der Waals surface area contributed by atoms with Gasteiger partial charge in [-0.25, -0.2) is 4.79 Å². The lowest BCUT2D eigenvalue weighted by Crippen LogP contribution is -2.36. The first kappa shape index (κ1) is 17.0. The molecule has 1 aliphatic rings. The fraction of sp³-hybridized carbons (Fsp3) is 0.571. The lowest BCUT2D eigenvalue weighted by atomic mass is 10.2. The Hall–Kier alpha value is -1.40. The minimum absolute atomic E-state index is 0.0338. The summed E-state index contributed by atoms with van der Waals surface area (Å²) < 4.78 is 10.9. The molecule has 6 nitrogen and oxygen atoms in total. The number of likely N-dealkylation sites (tertiary alicyclic amines) is 1. The Labute approximate surface area is 138 Å². The molecule has 1 atom stereocenters. The van der Waals surface area contributed by atoms with Gasteiger partial charge in [0, 0.05) is 13.0 Å². The molecule has 8 heteroatoms. The molecule has 0 radical (unpaired) electrons. The second kappa shape index (κ2) is 6.38. The zero-order valence-corrected chi connectivity index (χ0v) is 14.1. The van der Waals surface area contributed by atoms with Crippen LogP contribution in [-0.2, 0) is 4.74 Å². The van der Waals surface area contributed by atoms with E-state index in [0.29, 0.717) is 19.5 Å². The molecule has 0 aromatic carbocycles. The molecule has 1 fully saturated rings. The van der Waals surface area contributed by atoms with E-state index in [1.165, 1.54) is 6.07 Å². The highest BCUT2D eigenvalue weighted by Crippen LogP contribution is 2.35. The number of aromatic nitrogens is 1. The number of pyridine rings is 1. The van der Waals surface area contributed by atoms with Gasteiger partial charge in [0.15, 0.2) is 5.75 Å². The molecule has 0 saturated carbocycles. The molecule has 0 unspecified atom stereocenters. The van der Waals surface area contributed by atoms with E-state index in [1.54, 1.807) is 4.90 Å². The molecular formula is C14H18Cl2N2O4. The van der Waals surface area contributed by atoms with Crippen molar-refractivity contribution in [3.8, 4) is 11.6 Å². The molecule has 1 aromatic rings. The summed E-state index contributed by atoms with van der Waals surface area (Å²) >= 11 is 11.6. The SMILES string of the molecule is CC(C)(C)OC(=O)N1CC[C@H](Oc2nc(Cl)cc(Cl)c2O)C1. The van der Waals surface area contributed by atoms with Crippen LogP contribution in [0.5, 0.6) is 11.6 Å². The Balaban J connectivity index is 1.98. The summed E-state index contributed by atoms with van der Waals surface area (Å²) in [5.41, 5.74) is -0.545. The van der Waals surface area contributed by atoms with E-state index in [2.05, 4.69) is 4.98 Å². The number of halogens is 2. The third kappa shape index (κ3) is 4.30. The van der Waals surface area contributed by atoms with Crippen molar-refractivity contribution in [2.75, 3.05) is 13.1 Å².